The van der Waals surface area contributed by atoms with Crippen molar-refractivity contribution in [2.45, 2.75) is 32.9 Å². The molecule has 0 saturated heterocycles. The molecular weight excluding hydrogens is 240 g/mol. The smallest absolute Gasteiger partial charge is 0.0396 e. The number of nitrogens with one attached hydrogen (secondary N) is 1. The molecule has 1 rings (SSSR count). The molecule has 1 unspecified atom stereocenters. The minimum Gasteiger partial charge on any atom is -0.371 e. The third-order valence-electron chi connectivity index (χ3n) is 3.40. The van der Waals surface area contributed by atoms with E-state index in [1.165, 1.54) is 29.0 Å². The van der Waals surface area contributed by atoms with Gasteiger partial charge in [0.25, 0.3) is 0 Å². The van der Waals surface area contributed by atoms with Crippen molar-refractivity contribution in [1.29, 1.82) is 0 Å². The summed E-state index contributed by atoms with van der Waals surface area (Å²) in [6.07, 6.45) is 3.37. The molecule has 0 aromatic heterocycles. The van der Waals surface area contributed by atoms with Crippen LogP contribution in [0, 0.1) is 6.92 Å². The molecule has 2 nitrogen and oxygen atoms in total. The Labute approximate surface area is 116 Å². The zero-order valence-electron chi connectivity index (χ0n) is 12.3. The average molecular weight is 266 g/mol. The van der Waals surface area contributed by atoms with Crippen LogP contribution in [0.15, 0.2) is 18.2 Å². The molecule has 0 heterocycles. The highest BCUT2D eigenvalue weighted by molar-refractivity contribution is 7.98. The lowest BCUT2D eigenvalue weighted by Crippen LogP contribution is -2.33. The summed E-state index contributed by atoms with van der Waals surface area (Å²) in [6, 6.07) is 7.38. The van der Waals surface area contributed by atoms with Crippen LogP contribution < -0.4 is 10.2 Å². The number of anilines is 1. The molecule has 3 heteroatoms. The van der Waals surface area contributed by atoms with Crippen molar-refractivity contribution in [1.82, 2.24) is 5.32 Å². The number of aryl methyl sites for hydroxylation is 1. The molecular formula is C15H26N2S. The molecule has 0 saturated carbocycles. The van der Waals surface area contributed by atoms with Crippen LogP contribution >= 0.6 is 11.8 Å². The summed E-state index contributed by atoms with van der Waals surface area (Å²) in [7, 11) is 4.20. The van der Waals surface area contributed by atoms with E-state index in [4.69, 9.17) is 0 Å². The molecule has 102 valence electrons. The molecule has 18 heavy (non-hydrogen) atoms. The molecule has 0 amide bonds. The van der Waals surface area contributed by atoms with Crippen molar-refractivity contribution in [3.8, 4) is 0 Å². The minimum absolute atomic E-state index is 0.619. The molecule has 1 atom stereocenters. The van der Waals surface area contributed by atoms with Gasteiger partial charge in [0, 0.05) is 31.1 Å². The van der Waals surface area contributed by atoms with Gasteiger partial charge >= 0.3 is 0 Å². The molecule has 0 radical (unpaired) electrons. The SMILES string of the molecule is CCC(CSC)N(C)c1ccc(CNC)cc1C. The Morgan fingerprint density at radius 2 is 2.11 bits per heavy atom. The molecule has 1 N–H and O–H groups in total. The maximum Gasteiger partial charge on any atom is 0.0396 e. The first-order valence-corrected chi connectivity index (χ1v) is 7.99. The lowest BCUT2D eigenvalue weighted by atomic mass is 10.1. The van der Waals surface area contributed by atoms with E-state index in [0.717, 1.165) is 6.54 Å². The second-order valence-corrected chi connectivity index (χ2v) is 5.69. The van der Waals surface area contributed by atoms with Crippen molar-refractivity contribution in [3.05, 3.63) is 29.3 Å². The summed E-state index contributed by atoms with van der Waals surface area (Å²) in [5.41, 5.74) is 4.07. The van der Waals surface area contributed by atoms with Gasteiger partial charge in [-0.1, -0.05) is 19.1 Å². The van der Waals surface area contributed by atoms with Gasteiger partial charge in [-0.05, 0) is 43.8 Å². The van der Waals surface area contributed by atoms with Gasteiger partial charge in [-0.3, -0.25) is 0 Å². The van der Waals surface area contributed by atoms with Gasteiger partial charge in [-0.15, -0.1) is 0 Å². The van der Waals surface area contributed by atoms with E-state index in [-0.39, 0.29) is 0 Å². The van der Waals surface area contributed by atoms with E-state index in [9.17, 15) is 0 Å². The van der Waals surface area contributed by atoms with Crippen LogP contribution in [0.3, 0.4) is 0 Å². The molecule has 0 aliphatic carbocycles. The van der Waals surface area contributed by atoms with Crippen LogP contribution in [-0.4, -0.2) is 32.1 Å². The summed E-state index contributed by atoms with van der Waals surface area (Å²) in [6.45, 7) is 5.41. The quantitative estimate of drug-likeness (QED) is 0.815. The van der Waals surface area contributed by atoms with E-state index in [1.807, 2.05) is 18.8 Å². The normalized spacial score (nSPS) is 12.5. The van der Waals surface area contributed by atoms with E-state index in [0.29, 0.717) is 6.04 Å². The fourth-order valence-corrected chi connectivity index (χ4v) is 3.16. The van der Waals surface area contributed by atoms with Crippen LogP contribution in [0.5, 0.6) is 0 Å². The Morgan fingerprint density at radius 1 is 1.39 bits per heavy atom. The van der Waals surface area contributed by atoms with Gasteiger partial charge < -0.3 is 10.2 Å². The van der Waals surface area contributed by atoms with Gasteiger partial charge in [0.15, 0.2) is 0 Å². The molecule has 0 bridgehead atoms. The number of benzene rings is 1. The molecule has 0 aliphatic rings. The third kappa shape index (κ3) is 3.92. The zero-order chi connectivity index (χ0) is 13.5. The molecule has 1 aromatic carbocycles. The second kappa shape index (κ2) is 7.70. The highest BCUT2D eigenvalue weighted by Crippen LogP contribution is 2.24. The van der Waals surface area contributed by atoms with Crippen LogP contribution in [0.25, 0.3) is 0 Å². The van der Waals surface area contributed by atoms with Crippen molar-refractivity contribution in [2.24, 2.45) is 0 Å². The Kier molecular flexibility index (Phi) is 6.58. The summed E-state index contributed by atoms with van der Waals surface area (Å²) in [5, 5.41) is 3.20. The monoisotopic (exact) mass is 266 g/mol. The van der Waals surface area contributed by atoms with Crippen molar-refractivity contribution in [2.75, 3.05) is 31.0 Å². The number of hydrogen-bond donors (Lipinski definition) is 1. The molecule has 0 aliphatic heterocycles. The number of hydrogen-bond acceptors (Lipinski definition) is 3. The zero-order valence-corrected chi connectivity index (χ0v) is 13.1. The largest absolute Gasteiger partial charge is 0.371 e. The summed E-state index contributed by atoms with van der Waals surface area (Å²) in [5.74, 6) is 1.19. The third-order valence-corrected chi connectivity index (χ3v) is 4.12. The molecule has 0 fully saturated rings. The Hall–Kier alpha value is -0.670. The van der Waals surface area contributed by atoms with Crippen LogP contribution in [0.1, 0.15) is 24.5 Å². The lowest BCUT2D eigenvalue weighted by molar-refractivity contribution is 0.671. The van der Waals surface area contributed by atoms with Gasteiger partial charge in [-0.25, -0.2) is 0 Å². The highest BCUT2D eigenvalue weighted by atomic mass is 32.2. The van der Waals surface area contributed by atoms with Gasteiger partial charge in [0.2, 0.25) is 0 Å². The first-order valence-electron chi connectivity index (χ1n) is 6.59. The Balaban J connectivity index is 2.87. The predicted molar refractivity (Wildman–Crippen MR) is 84.8 cm³/mol. The van der Waals surface area contributed by atoms with E-state index in [1.54, 1.807) is 0 Å². The Morgan fingerprint density at radius 3 is 2.61 bits per heavy atom. The number of thioether (sulfide) groups is 1. The number of rotatable bonds is 7. The first-order chi connectivity index (χ1) is 8.63. The van der Waals surface area contributed by atoms with E-state index < -0.39 is 0 Å². The molecule has 0 spiro atoms. The minimum atomic E-state index is 0.619. The fourth-order valence-electron chi connectivity index (χ4n) is 2.32. The van der Waals surface area contributed by atoms with Gasteiger partial charge in [0.1, 0.15) is 0 Å². The summed E-state index contributed by atoms with van der Waals surface area (Å²) < 4.78 is 0. The van der Waals surface area contributed by atoms with E-state index in [2.05, 4.69) is 55.6 Å². The van der Waals surface area contributed by atoms with Crippen LogP contribution in [0.2, 0.25) is 0 Å². The van der Waals surface area contributed by atoms with Crippen molar-refractivity contribution < 1.29 is 0 Å². The van der Waals surface area contributed by atoms with Crippen molar-refractivity contribution >= 4 is 17.4 Å². The highest BCUT2D eigenvalue weighted by Gasteiger charge is 2.14. The van der Waals surface area contributed by atoms with Crippen LogP contribution in [0.4, 0.5) is 5.69 Å². The summed E-state index contributed by atoms with van der Waals surface area (Å²) in [4.78, 5) is 2.43. The van der Waals surface area contributed by atoms with E-state index >= 15 is 0 Å². The number of nitrogens with zero attached hydrogens (tertiary/aromatic N) is 1. The average Bonchev–Trinajstić information content (AvgIpc) is 2.36. The second-order valence-electron chi connectivity index (χ2n) is 4.78. The Bertz CT molecular complexity index is 366. The topological polar surface area (TPSA) is 15.3 Å². The summed E-state index contributed by atoms with van der Waals surface area (Å²) >= 11 is 1.92. The van der Waals surface area contributed by atoms with Gasteiger partial charge in [0.05, 0.1) is 0 Å². The molecule has 1 aromatic rings. The maximum absolute atomic E-state index is 3.20. The first kappa shape index (κ1) is 15.4. The van der Waals surface area contributed by atoms with Crippen molar-refractivity contribution in [3.63, 3.8) is 0 Å². The standard InChI is InChI=1S/C15H26N2S/c1-6-14(11-18-5)17(4)15-8-7-13(10-16-3)9-12(15)2/h7-9,14,16H,6,10-11H2,1-5H3. The van der Waals surface area contributed by atoms with Gasteiger partial charge in [-0.2, -0.15) is 11.8 Å². The maximum atomic E-state index is 3.20. The lowest BCUT2D eigenvalue weighted by Gasteiger charge is -2.30. The van der Waals surface area contributed by atoms with Crippen LogP contribution in [-0.2, 0) is 6.54 Å². The predicted octanol–water partition coefficient (Wildman–Crippen LogP) is 3.29. The fraction of sp³-hybridized carbons (Fsp3) is 0.600.